The summed E-state index contributed by atoms with van der Waals surface area (Å²) < 4.78 is 33.4. The predicted octanol–water partition coefficient (Wildman–Crippen LogP) is 3.65. The third-order valence-corrected chi connectivity index (χ3v) is 4.00. The number of hydrogen-bond acceptors (Lipinski definition) is 3. The van der Waals surface area contributed by atoms with E-state index in [0.29, 0.717) is 11.3 Å². The third kappa shape index (κ3) is 3.56. The molecule has 0 spiro atoms. The lowest BCUT2D eigenvalue weighted by atomic mass is 10.1. The second kappa shape index (κ2) is 7.35. The molecule has 3 rings (SSSR count). The molecule has 1 amide bonds. The number of nitrogens with zero attached hydrogens (tertiary/aromatic N) is 2. The average molecular weight is 357 g/mol. The Morgan fingerprint density at radius 2 is 1.92 bits per heavy atom. The van der Waals surface area contributed by atoms with Crippen LogP contribution in [-0.4, -0.2) is 22.6 Å². The number of rotatable bonds is 5. The van der Waals surface area contributed by atoms with E-state index in [-0.39, 0.29) is 23.2 Å². The first-order valence-corrected chi connectivity index (χ1v) is 7.92. The minimum atomic E-state index is -0.498. The van der Waals surface area contributed by atoms with E-state index in [2.05, 4.69) is 10.3 Å². The van der Waals surface area contributed by atoms with Crippen molar-refractivity contribution in [1.29, 1.82) is 0 Å². The van der Waals surface area contributed by atoms with Gasteiger partial charge in [0.25, 0.3) is 5.91 Å². The number of imidazole rings is 1. The molecule has 0 aliphatic carbocycles. The van der Waals surface area contributed by atoms with Gasteiger partial charge in [0.1, 0.15) is 11.5 Å². The van der Waals surface area contributed by atoms with Crippen LogP contribution in [0, 0.1) is 11.6 Å². The number of benzene rings is 2. The van der Waals surface area contributed by atoms with E-state index in [1.165, 1.54) is 43.9 Å². The van der Waals surface area contributed by atoms with Crippen LogP contribution in [0.25, 0.3) is 5.69 Å². The summed E-state index contributed by atoms with van der Waals surface area (Å²) in [5.74, 6) is -1.10. The van der Waals surface area contributed by atoms with Crippen molar-refractivity contribution >= 4 is 5.91 Å². The smallest absolute Gasteiger partial charge is 0.270 e. The summed E-state index contributed by atoms with van der Waals surface area (Å²) in [7, 11) is 1.39. The quantitative estimate of drug-likeness (QED) is 0.758. The van der Waals surface area contributed by atoms with Crippen LogP contribution in [0.3, 0.4) is 0 Å². The number of nitrogens with one attached hydrogen (secondary N) is 1. The first-order valence-electron chi connectivity index (χ1n) is 7.92. The molecular weight excluding hydrogens is 340 g/mol. The molecule has 1 aromatic heterocycles. The van der Waals surface area contributed by atoms with Crippen molar-refractivity contribution in [1.82, 2.24) is 14.9 Å². The lowest BCUT2D eigenvalue weighted by molar-refractivity contribution is 0.0933. The monoisotopic (exact) mass is 357 g/mol. The summed E-state index contributed by atoms with van der Waals surface area (Å²) in [6.45, 7) is 1.75. The van der Waals surface area contributed by atoms with Gasteiger partial charge in [0, 0.05) is 5.69 Å². The molecule has 1 N–H and O–H groups in total. The Morgan fingerprint density at radius 3 is 2.58 bits per heavy atom. The molecule has 0 aliphatic heterocycles. The normalized spacial score (nSPS) is 11.8. The Balaban J connectivity index is 1.79. The molecule has 0 unspecified atom stereocenters. The summed E-state index contributed by atoms with van der Waals surface area (Å²) in [6.07, 6.45) is 2.89. The molecule has 2 aromatic carbocycles. The molecule has 0 radical (unpaired) electrons. The molecule has 1 heterocycles. The maximum Gasteiger partial charge on any atom is 0.270 e. The summed E-state index contributed by atoms with van der Waals surface area (Å²) >= 11 is 0. The molecule has 3 aromatic rings. The van der Waals surface area contributed by atoms with Gasteiger partial charge in [0.15, 0.2) is 11.6 Å². The fourth-order valence-electron chi connectivity index (χ4n) is 2.58. The molecule has 0 aliphatic rings. The Labute approximate surface area is 149 Å². The van der Waals surface area contributed by atoms with Gasteiger partial charge in [-0.1, -0.05) is 6.07 Å². The molecule has 1 atom stereocenters. The van der Waals surface area contributed by atoms with Crippen molar-refractivity contribution in [3.63, 3.8) is 0 Å². The highest BCUT2D eigenvalue weighted by molar-refractivity contribution is 5.93. The number of methoxy groups -OCH3 is 1. The lowest BCUT2D eigenvalue weighted by Gasteiger charge is -2.16. The number of hydrogen-bond donors (Lipinski definition) is 1. The van der Waals surface area contributed by atoms with Crippen LogP contribution in [0.1, 0.15) is 29.0 Å². The molecule has 0 bridgehead atoms. The number of carbonyl (C=O) groups excluding carboxylic acids is 1. The second-order valence-corrected chi connectivity index (χ2v) is 5.71. The second-order valence-electron chi connectivity index (χ2n) is 5.71. The van der Waals surface area contributed by atoms with Gasteiger partial charge in [-0.25, -0.2) is 13.8 Å². The summed E-state index contributed by atoms with van der Waals surface area (Å²) in [6, 6.07) is 9.80. The van der Waals surface area contributed by atoms with Gasteiger partial charge in [0.2, 0.25) is 0 Å². The Morgan fingerprint density at radius 1 is 1.19 bits per heavy atom. The molecule has 5 nitrogen and oxygen atoms in total. The highest BCUT2D eigenvalue weighted by atomic mass is 19.1. The highest BCUT2D eigenvalue weighted by Crippen LogP contribution is 2.22. The van der Waals surface area contributed by atoms with Crippen LogP contribution in [-0.2, 0) is 0 Å². The van der Waals surface area contributed by atoms with Gasteiger partial charge in [-0.05, 0) is 48.9 Å². The first kappa shape index (κ1) is 17.6. The molecule has 0 saturated carbocycles. The van der Waals surface area contributed by atoms with Crippen molar-refractivity contribution < 1.29 is 18.3 Å². The van der Waals surface area contributed by atoms with Crippen molar-refractivity contribution in [3.8, 4) is 11.4 Å². The predicted molar refractivity (Wildman–Crippen MR) is 92.4 cm³/mol. The van der Waals surface area contributed by atoms with E-state index in [9.17, 15) is 13.6 Å². The number of aromatic nitrogens is 2. The van der Waals surface area contributed by atoms with Crippen LogP contribution < -0.4 is 10.1 Å². The largest absolute Gasteiger partial charge is 0.494 e. The SMILES string of the molecule is COc1ccc([C@@H](C)NC(=O)c2cncn2-c2ccc(F)cc2)cc1F. The van der Waals surface area contributed by atoms with E-state index in [1.54, 1.807) is 29.7 Å². The van der Waals surface area contributed by atoms with Crippen molar-refractivity contribution in [2.45, 2.75) is 13.0 Å². The maximum atomic E-state index is 13.9. The van der Waals surface area contributed by atoms with Crippen LogP contribution in [0.4, 0.5) is 8.78 Å². The summed E-state index contributed by atoms with van der Waals surface area (Å²) in [4.78, 5) is 16.6. The zero-order valence-corrected chi connectivity index (χ0v) is 14.2. The van der Waals surface area contributed by atoms with Crippen LogP contribution >= 0.6 is 0 Å². The highest BCUT2D eigenvalue weighted by Gasteiger charge is 2.17. The number of ether oxygens (including phenoxy) is 1. The fourth-order valence-corrected chi connectivity index (χ4v) is 2.58. The van der Waals surface area contributed by atoms with Crippen molar-refractivity contribution in [2.24, 2.45) is 0 Å². The third-order valence-electron chi connectivity index (χ3n) is 4.00. The van der Waals surface area contributed by atoms with Gasteiger partial charge in [-0.2, -0.15) is 0 Å². The molecule has 26 heavy (non-hydrogen) atoms. The Hall–Kier alpha value is -3.22. The van der Waals surface area contributed by atoms with E-state index >= 15 is 0 Å². The maximum absolute atomic E-state index is 13.9. The van der Waals surface area contributed by atoms with E-state index in [1.807, 2.05) is 0 Å². The standard InChI is InChI=1S/C19H17F2N3O2/c1-12(13-3-8-18(26-2)16(21)9-13)23-19(25)17-10-22-11-24(17)15-6-4-14(20)5-7-15/h3-12H,1-2H3,(H,23,25)/t12-/m1/s1. The summed E-state index contributed by atoms with van der Waals surface area (Å²) in [5.41, 5.74) is 1.50. The molecule has 0 saturated heterocycles. The molecule has 134 valence electrons. The minimum absolute atomic E-state index is 0.140. The van der Waals surface area contributed by atoms with E-state index in [0.717, 1.165) is 0 Å². The van der Waals surface area contributed by atoms with Gasteiger partial charge in [0.05, 0.1) is 25.7 Å². The fraction of sp³-hybridized carbons (Fsp3) is 0.158. The van der Waals surface area contributed by atoms with Gasteiger partial charge in [-0.3, -0.25) is 9.36 Å². The van der Waals surface area contributed by atoms with Crippen LogP contribution in [0.15, 0.2) is 55.0 Å². The zero-order valence-electron chi connectivity index (χ0n) is 14.2. The zero-order chi connectivity index (χ0) is 18.7. The van der Waals surface area contributed by atoms with Crippen LogP contribution in [0.2, 0.25) is 0 Å². The van der Waals surface area contributed by atoms with Crippen LogP contribution in [0.5, 0.6) is 5.75 Å². The molecule has 0 fully saturated rings. The number of carbonyl (C=O) groups is 1. The number of halogens is 2. The Kier molecular flexibility index (Phi) is 4.97. The van der Waals surface area contributed by atoms with Gasteiger partial charge >= 0.3 is 0 Å². The minimum Gasteiger partial charge on any atom is -0.494 e. The van der Waals surface area contributed by atoms with Gasteiger partial charge in [-0.15, -0.1) is 0 Å². The molecule has 7 heteroatoms. The van der Waals surface area contributed by atoms with Crippen molar-refractivity contribution in [3.05, 3.63) is 77.9 Å². The van der Waals surface area contributed by atoms with E-state index in [4.69, 9.17) is 4.74 Å². The molecular formula is C19H17F2N3O2. The Bertz CT molecular complexity index is 923. The lowest BCUT2D eigenvalue weighted by Crippen LogP contribution is -2.28. The average Bonchev–Trinajstić information content (AvgIpc) is 3.12. The summed E-state index contributed by atoms with van der Waals surface area (Å²) in [5, 5.41) is 2.80. The first-order chi connectivity index (χ1) is 12.5. The van der Waals surface area contributed by atoms with Crippen molar-refractivity contribution in [2.75, 3.05) is 7.11 Å². The van der Waals surface area contributed by atoms with E-state index < -0.39 is 11.9 Å². The number of amides is 1. The van der Waals surface area contributed by atoms with Gasteiger partial charge < -0.3 is 10.1 Å². The topological polar surface area (TPSA) is 56.1 Å².